The van der Waals surface area contributed by atoms with Crippen molar-refractivity contribution in [3.05, 3.63) is 125 Å². The highest BCUT2D eigenvalue weighted by molar-refractivity contribution is 7.99. The summed E-state index contributed by atoms with van der Waals surface area (Å²) >= 11 is 1.68. The molecule has 0 saturated heterocycles. The van der Waals surface area contributed by atoms with Gasteiger partial charge < -0.3 is 10.0 Å². The number of hydrogen-bond donors (Lipinski definition) is 1. The number of anilines is 1. The van der Waals surface area contributed by atoms with E-state index < -0.39 is 5.97 Å². The minimum Gasteiger partial charge on any atom is -0.480 e. The molecule has 4 aromatic carbocycles. The van der Waals surface area contributed by atoms with Crippen molar-refractivity contribution in [1.82, 2.24) is 0 Å². The Morgan fingerprint density at radius 1 is 0.919 bits per heavy atom. The summed E-state index contributed by atoms with van der Waals surface area (Å²) in [6, 6.07) is 30.4. The fourth-order valence-electron chi connectivity index (χ4n) is 4.13. The van der Waals surface area contributed by atoms with E-state index in [2.05, 4.69) is 31.2 Å². The SMILES string of the molecule is CCSc1cc(N(CC(=O)O)Cc2ccc(F)cc2)cc(C)c1N=C(c1ccccc1)c1ccccc1. The smallest absolute Gasteiger partial charge is 0.323 e. The number of aliphatic imine (C=N–C) groups is 1. The summed E-state index contributed by atoms with van der Waals surface area (Å²) in [5, 5.41) is 9.61. The Bertz CT molecular complexity index is 1330. The molecule has 4 aromatic rings. The molecule has 0 atom stereocenters. The van der Waals surface area contributed by atoms with E-state index in [1.165, 1.54) is 12.1 Å². The van der Waals surface area contributed by atoms with Crippen molar-refractivity contribution >= 4 is 34.8 Å². The van der Waals surface area contributed by atoms with E-state index in [1.807, 2.05) is 55.5 Å². The topological polar surface area (TPSA) is 52.9 Å². The number of rotatable bonds is 10. The van der Waals surface area contributed by atoms with E-state index in [4.69, 9.17) is 4.99 Å². The van der Waals surface area contributed by atoms with Crippen LogP contribution in [0.2, 0.25) is 0 Å². The fourth-order valence-corrected chi connectivity index (χ4v) is 4.99. The summed E-state index contributed by atoms with van der Waals surface area (Å²) in [6.07, 6.45) is 0. The van der Waals surface area contributed by atoms with Crippen LogP contribution in [-0.2, 0) is 11.3 Å². The van der Waals surface area contributed by atoms with Crippen molar-refractivity contribution in [1.29, 1.82) is 0 Å². The molecule has 0 bridgehead atoms. The molecule has 0 spiro atoms. The minimum absolute atomic E-state index is 0.172. The maximum absolute atomic E-state index is 13.4. The second kappa shape index (κ2) is 12.4. The summed E-state index contributed by atoms with van der Waals surface area (Å²) in [4.78, 5) is 19.7. The van der Waals surface area contributed by atoms with Crippen molar-refractivity contribution in [3.8, 4) is 0 Å². The van der Waals surface area contributed by atoms with Crippen LogP contribution in [0.25, 0.3) is 0 Å². The van der Waals surface area contributed by atoms with E-state index in [9.17, 15) is 14.3 Å². The lowest BCUT2D eigenvalue weighted by Gasteiger charge is -2.25. The molecule has 0 aliphatic heterocycles. The van der Waals surface area contributed by atoms with Gasteiger partial charge in [-0.05, 0) is 48.1 Å². The lowest BCUT2D eigenvalue weighted by Crippen LogP contribution is -2.29. The van der Waals surface area contributed by atoms with Crippen LogP contribution in [0.1, 0.15) is 29.2 Å². The van der Waals surface area contributed by atoms with E-state index in [0.29, 0.717) is 6.54 Å². The van der Waals surface area contributed by atoms with Crippen molar-refractivity contribution in [2.24, 2.45) is 4.99 Å². The highest BCUT2D eigenvalue weighted by Crippen LogP contribution is 2.38. The zero-order valence-electron chi connectivity index (χ0n) is 20.9. The average molecular weight is 513 g/mol. The van der Waals surface area contributed by atoms with E-state index >= 15 is 0 Å². The number of halogens is 1. The molecule has 0 aromatic heterocycles. The van der Waals surface area contributed by atoms with Crippen molar-refractivity contribution in [2.45, 2.75) is 25.3 Å². The third kappa shape index (κ3) is 6.86. The molecule has 0 radical (unpaired) electrons. The predicted molar refractivity (Wildman–Crippen MR) is 151 cm³/mol. The third-order valence-corrected chi connectivity index (χ3v) is 6.76. The largest absolute Gasteiger partial charge is 0.480 e. The highest BCUT2D eigenvalue weighted by Gasteiger charge is 2.17. The van der Waals surface area contributed by atoms with E-state index in [0.717, 1.165) is 50.0 Å². The molecule has 0 saturated carbocycles. The van der Waals surface area contributed by atoms with Gasteiger partial charge in [0.25, 0.3) is 0 Å². The van der Waals surface area contributed by atoms with Crippen LogP contribution < -0.4 is 4.90 Å². The fraction of sp³-hybridized carbons (Fsp3) is 0.161. The molecule has 0 heterocycles. The second-order valence-electron chi connectivity index (χ2n) is 8.61. The summed E-state index contributed by atoms with van der Waals surface area (Å²) in [5.74, 6) is -0.406. The number of thioether (sulfide) groups is 1. The Kier molecular flexibility index (Phi) is 8.75. The Labute approximate surface area is 221 Å². The van der Waals surface area contributed by atoms with Gasteiger partial charge in [0.2, 0.25) is 0 Å². The van der Waals surface area contributed by atoms with Crippen LogP contribution in [0.3, 0.4) is 0 Å². The standard InChI is InChI=1S/C31H29FN2O2S/c1-3-37-28-19-27(34(21-29(35)36)20-23-14-16-26(32)17-15-23)18-22(2)30(28)33-31(24-10-6-4-7-11-24)25-12-8-5-9-13-25/h4-19H,3,20-21H2,1-2H3,(H,35,36). The number of aliphatic carboxylic acids is 1. The molecule has 0 fully saturated rings. The molecule has 1 N–H and O–H groups in total. The molecule has 0 unspecified atom stereocenters. The molecule has 6 heteroatoms. The van der Waals surface area contributed by atoms with Crippen molar-refractivity contribution < 1.29 is 14.3 Å². The average Bonchev–Trinajstić information content (AvgIpc) is 2.90. The van der Waals surface area contributed by atoms with Gasteiger partial charge in [0.1, 0.15) is 12.4 Å². The summed E-state index contributed by atoms with van der Waals surface area (Å²) < 4.78 is 13.4. The number of benzene rings is 4. The van der Waals surface area contributed by atoms with Gasteiger partial charge >= 0.3 is 5.97 Å². The second-order valence-corrected chi connectivity index (χ2v) is 9.92. The minimum atomic E-state index is -0.929. The molecule has 0 amide bonds. The van der Waals surface area contributed by atoms with E-state index in [1.54, 1.807) is 28.8 Å². The maximum atomic E-state index is 13.4. The number of carbonyl (C=O) groups is 1. The van der Waals surface area contributed by atoms with Crippen LogP contribution in [0.4, 0.5) is 15.8 Å². The van der Waals surface area contributed by atoms with Gasteiger partial charge in [-0.3, -0.25) is 4.79 Å². The lowest BCUT2D eigenvalue weighted by molar-refractivity contribution is -0.135. The lowest BCUT2D eigenvalue weighted by atomic mass is 10.0. The van der Waals surface area contributed by atoms with Gasteiger partial charge in [0, 0.05) is 28.3 Å². The monoisotopic (exact) mass is 512 g/mol. The Morgan fingerprint density at radius 2 is 1.51 bits per heavy atom. The third-order valence-electron chi connectivity index (χ3n) is 5.85. The summed E-state index contributed by atoms with van der Waals surface area (Å²) in [5.41, 5.74) is 6.37. The van der Waals surface area contributed by atoms with Gasteiger partial charge in [-0.15, -0.1) is 11.8 Å². The number of carboxylic acid groups (broad SMARTS) is 1. The first kappa shape index (κ1) is 26.2. The van der Waals surface area contributed by atoms with Gasteiger partial charge in [0.05, 0.1) is 11.4 Å². The van der Waals surface area contributed by atoms with Gasteiger partial charge in [0.15, 0.2) is 0 Å². The van der Waals surface area contributed by atoms with Crippen LogP contribution in [0.15, 0.2) is 107 Å². The number of carboxylic acids is 1. The number of nitrogens with zero attached hydrogens (tertiary/aromatic N) is 2. The molecule has 188 valence electrons. The molecule has 0 aliphatic carbocycles. The van der Waals surface area contributed by atoms with Gasteiger partial charge in [-0.25, -0.2) is 9.38 Å². The van der Waals surface area contributed by atoms with Crippen LogP contribution in [-0.4, -0.2) is 29.1 Å². The zero-order valence-corrected chi connectivity index (χ0v) is 21.7. The molecular formula is C31H29FN2O2S. The summed E-state index contributed by atoms with van der Waals surface area (Å²) in [6.45, 7) is 4.27. The normalized spacial score (nSPS) is 10.7. The van der Waals surface area contributed by atoms with Crippen LogP contribution in [0.5, 0.6) is 0 Å². The number of hydrogen-bond acceptors (Lipinski definition) is 4. The van der Waals surface area contributed by atoms with Crippen molar-refractivity contribution in [2.75, 3.05) is 17.2 Å². The Morgan fingerprint density at radius 3 is 2.05 bits per heavy atom. The van der Waals surface area contributed by atoms with Gasteiger partial charge in [-0.1, -0.05) is 79.7 Å². The first-order chi connectivity index (χ1) is 17.9. The zero-order chi connectivity index (χ0) is 26.2. The molecule has 4 nitrogen and oxygen atoms in total. The van der Waals surface area contributed by atoms with Crippen LogP contribution in [0, 0.1) is 12.7 Å². The highest BCUT2D eigenvalue weighted by atomic mass is 32.2. The Hall–Kier alpha value is -3.90. The van der Waals surface area contributed by atoms with Gasteiger partial charge in [-0.2, -0.15) is 0 Å². The molecule has 4 rings (SSSR count). The Balaban J connectivity index is 1.81. The predicted octanol–water partition coefficient (Wildman–Crippen LogP) is 7.51. The maximum Gasteiger partial charge on any atom is 0.323 e. The summed E-state index contributed by atoms with van der Waals surface area (Å²) in [7, 11) is 0. The molecule has 0 aliphatic rings. The van der Waals surface area contributed by atoms with Crippen molar-refractivity contribution in [3.63, 3.8) is 0 Å². The first-order valence-corrected chi connectivity index (χ1v) is 13.1. The van der Waals surface area contributed by atoms with Crippen LogP contribution >= 0.6 is 11.8 Å². The first-order valence-electron chi connectivity index (χ1n) is 12.1. The molecular weight excluding hydrogens is 483 g/mol. The molecule has 37 heavy (non-hydrogen) atoms. The number of aryl methyl sites for hydroxylation is 1. The van der Waals surface area contributed by atoms with E-state index in [-0.39, 0.29) is 12.4 Å². The quantitative estimate of drug-likeness (QED) is 0.176.